The molecule has 5 heteroatoms. The van der Waals surface area contributed by atoms with Crippen LogP contribution in [0.25, 0.3) is 10.9 Å². The maximum atomic E-state index is 6.14. The molecule has 0 radical (unpaired) electrons. The Labute approximate surface area is 145 Å². The molecular formula is C17H25Cl2N3. The van der Waals surface area contributed by atoms with Crippen LogP contribution < -0.4 is 5.73 Å². The van der Waals surface area contributed by atoms with Crippen molar-refractivity contribution in [1.82, 2.24) is 9.88 Å². The smallest absolute Gasteiger partial charge is 0.0705 e. The number of nitrogens with zero attached hydrogens (tertiary/aromatic N) is 2. The lowest BCUT2D eigenvalue weighted by Crippen LogP contribution is -2.48. The third-order valence-electron chi connectivity index (χ3n) is 4.29. The summed E-state index contributed by atoms with van der Waals surface area (Å²) in [6.45, 7) is 4.18. The van der Waals surface area contributed by atoms with Crippen molar-refractivity contribution in [2.24, 2.45) is 5.73 Å². The normalized spacial score (nSPS) is 20.0. The molecule has 3 nitrogen and oxygen atoms in total. The number of halogens is 2. The molecule has 22 heavy (non-hydrogen) atoms. The molecular weight excluding hydrogens is 317 g/mol. The van der Waals surface area contributed by atoms with Gasteiger partial charge in [-0.2, -0.15) is 0 Å². The molecule has 122 valence electrons. The monoisotopic (exact) mass is 341 g/mol. The molecule has 1 aromatic heterocycles. The van der Waals surface area contributed by atoms with Crippen LogP contribution in [0.5, 0.6) is 0 Å². The quantitative estimate of drug-likeness (QED) is 0.923. The molecule has 0 saturated carbocycles. The Balaban J connectivity index is 0.00000121. The number of fused-ring (bicyclic) bond motifs is 1. The fourth-order valence-electron chi connectivity index (χ4n) is 3.21. The van der Waals surface area contributed by atoms with E-state index in [-0.39, 0.29) is 30.9 Å². The molecule has 2 unspecified atom stereocenters. The summed E-state index contributed by atoms with van der Waals surface area (Å²) in [5, 5.41) is 1.21. The van der Waals surface area contributed by atoms with E-state index in [9.17, 15) is 0 Å². The van der Waals surface area contributed by atoms with Crippen LogP contribution >= 0.6 is 24.8 Å². The highest BCUT2D eigenvalue weighted by atomic mass is 35.5. The van der Waals surface area contributed by atoms with Crippen LogP contribution in [0.15, 0.2) is 36.4 Å². The van der Waals surface area contributed by atoms with Gasteiger partial charge in [0.05, 0.1) is 11.2 Å². The maximum absolute atomic E-state index is 6.14. The standard InChI is InChI=1S/C17H23N3.2ClH/c1-13(18)17-8-4-5-11-20(17)12-15-10-9-14-6-2-3-7-16(14)19-15;;/h2-3,6-7,9-10,13,17H,4-5,8,11-12,18H2,1H3;2*1H. The van der Waals surface area contributed by atoms with Crippen LogP contribution in [0.3, 0.4) is 0 Å². The lowest BCUT2D eigenvalue weighted by molar-refractivity contribution is 0.121. The summed E-state index contributed by atoms with van der Waals surface area (Å²) in [6.07, 6.45) is 3.79. The first-order chi connectivity index (χ1) is 9.74. The Morgan fingerprint density at radius 2 is 1.95 bits per heavy atom. The molecule has 2 N–H and O–H groups in total. The summed E-state index contributed by atoms with van der Waals surface area (Å²) in [7, 11) is 0. The topological polar surface area (TPSA) is 42.1 Å². The predicted octanol–water partition coefficient (Wildman–Crippen LogP) is 3.78. The van der Waals surface area contributed by atoms with Crippen LogP contribution in [-0.4, -0.2) is 28.5 Å². The van der Waals surface area contributed by atoms with E-state index >= 15 is 0 Å². The molecule has 0 aliphatic carbocycles. The Morgan fingerprint density at radius 3 is 2.73 bits per heavy atom. The fraction of sp³-hybridized carbons (Fsp3) is 0.471. The van der Waals surface area contributed by atoms with Gasteiger partial charge in [0.25, 0.3) is 0 Å². The van der Waals surface area contributed by atoms with E-state index in [2.05, 4.69) is 42.2 Å². The van der Waals surface area contributed by atoms with Gasteiger partial charge in [0.15, 0.2) is 0 Å². The Bertz CT molecular complexity index is 589. The first-order valence-electron chi connectivity index (χ1n) is 7.58. The summed E-state index contributed by atoms with van der Waals surface area (Å²) in [6, 6.07) is 13.3. The molecule has 1 aliphatic heterocycles. The van der Waals surface area contributed by atoms with Crippen LogP contribution in [0.2, 0.25) is 0 Å². The second-order valence-electron chi connectivity index (χ2n) is 5.89. The fourth-order valence-corrected chi connectivity index (χ4v) is 3.21. The lowest BCUT2D eigenvalue weighted by Gasteiger charge is -2.37. The number of nitrogens with two attached hydrogens (primary N) is 1. The lowest BCUT2D eigenvalue weighted by atomic mass is 9.97. The third kappa shape index (κ3) is 4.32. The molecule has 3 rings (SSSR count). The molecule has 1 aliphatic rings. The van der Waals surface area contributed by atoms with Gasteiger partial charge in [-0.1, -0.05) is 30.7 Å². The van der Waals surface area contributed by atoms with Gasteiger partial charge in [0, 0.05) is 24.0 Å². The number of piperidine rings is 1. The van der Waals surface area contributed by atoms with Gasteiger partial charge >= 0.3 is 0 Å². The summed E-state index contributed by atoms with van der Waals surface area (Å²) >= 11 is 0. The molecule has 2 heterocycles. The van der Waals surface area contributed by atoms with Gasteiger partial charge in [-0.25, -0.2) is 0 Å². The van der Waals surface area contributed by atoms with Crippen molar-refractivity contribution in [2.75, 3.05) is 6.54 Å². The second-order valence-corrected chi connectivity index (χ2v) is 5.89. The SMILES string of the molecule is CC(N)C1CCCCN1Cc1ccc2ccccc2n1.Cl.Cl. The molecule has 0 amide bonds. The molecule has 1 saturated heterocycles. The number of para-hydroxylation sites is 1. The maximum Gasteiger partial charge on any atom is 0.0705 e. The third-order valence-corrected chi connectivity index (χ3v) is 4.29. The zero-order chi connectivity index (χ0) is 13.9. The minimum Gasteiger partial charge on any atom is -0.327 e. The largest absolute Gasteiger partial charge is 0.327 e. The Kier molecular flexibility index (Phi) is 7.57. The van der Waals surface area contributed by atoms with Gasteiger partial charge in [-0.3, -0.25) is 9.88 Å². The molecule has 1 aromatic carbocycles. The highest BCUT2D eigenvalue weighted by molar-refractivity contribution is 5.85. The van der Waals surface area contributed by atoms with Crippen molar-refractivity contribution in [3.8, 4) is 0 Å². The van der Waals surface area contributed by atoms with Crippen molar-refractivity contribution >= 4 is 35.7 Å². The Hall–Kier alpha value is -0.870. The molecule has 1 fully saturated rings. The van der Waals surface area contributed by atoms with Gasteiger partial charge in [0.1, 0.15) is 0 Å². The van der Waals surface area contributed by atoms with E-state index in [1.807, 2.05) is 6.07 Å². The number of pyridine rings is 1. The van der Waals surface area contributed by atoms with Crippen molar-refractivity contribution in [2.45, 2.75) is 44.8 Å². The molecule has 0 spiro atoms. The summed E-state index contributed by atoms with van der Waals surface area (Å²) in [5.74, 6) is 0. The molecule has 2 aromatic rings. The first-order valence-corrected chi connectivity index (χ1v) is 7.58. The second kappa shape index (κ2) is 8.68. The van der Waals surface area contributed by atoms with E-state index in [1.165, 1.54) is 24.6 Å². The average Bonchev–Trinajstić information content (AvgIpc) is 2.47. The van der Waals surface area contributed by atoms with E-state index in [0.717, 1.165) is 24.3 Å². The number of likely N-dealkylation sites (tertiary alicyclic amines) is 1. The highest BCUT2D eigenvalue weighted by Crippen LogP contribution is 2.21. The number of benzene rings is 1. The van der Waals surface area contributed by atoms with Crippen molar-refractivity contribution < 1.29 is 0 Å². The van der Waals surface area contributed by atoms with Crippen LogP contribution in [0.4, 0.5) is 0 Å². The summed E-state index contributed by atoms with van der Waals surface area (Å²) in [4.78, 5) is 7.29. The van der Waals surface area contributed by atoms with E-state index in [1.54, 1.807) is 0 Å². The number of hydrogen-bond acceptors (Lipinski definition) is 3. The zero-order valence-corrected chi connectivity index (χ0v) is 14.6. The van der Waals surface area contributed by atoms with E-state index in [0.29, 0.717) is 6.04 Å². The van der Waals surface area contributed by atoms with Crippen molar-refractivity contribution in [3.63, 3.8) is 0 Å². The average molecular weight is 342 g/mol. The minimum atomic E-state index is 0. The van der Waals surface area contributed by atoms with Gasteiger partial charge in [-0.05, 0) is 38.4 Å². The van der Waals surface area contributed by atoms with Gasteiger partial charge < -0.3 is 5.73 Å². The van der Waals surface area contributed by atoms with Crippen LogP contribution in [-0.2, 0) is 6.54 Å². The molecule has 0 bridgehead atoms. The van der Waals surface area contributed by atoms with E-state index < -0.39 is 0 Å². The minimum absolute atomic E-state index is 0. The summed E-state index contributed by atoms with van der Waals surface area (Å²) < 4.78 is 0. The number of hydrogen-bond donors (Lipinski definition) is 1. The van der Waals surface area contributed by atoms with Crippen molar-refractivity contribution in [1.29, 1.82) is 0 Å². The van der Waals surface area contributed by atoms with Crippen LogP contribution in [0, 0.1) is 0 Å². The number of aromatic nitrogens is 1. The van der Waals surface area contributed by atoms with Gasteiger partial charge in [-0.15, -0.1) is 24.8 Å². The highest BCUT2D eigenvalue weighted by Gasteiger charge is 2.25. The van der Waals surface area contributed by atoms with Crippen molar-refractivity contribution in [3.05, 3.63) is 42.1 Å². The zero-order valence-electron chi connectivity index (χ0n) is 12.9. The Morgan fingerprint density at radius 1 is 1.18 bits per heavy atom. The number of rotatable bonds is 3. The predicted molar refractivity (Wildman–Crippen MR) is 97.9 cm³/mol. The van der Waals surface area contributed by atoms with Crippen LogP contribution in [0.1, 0.15) is 31.9 Å². The van der Waals surface area contributed by atoms with Gasteiger partial charge in [0.2, 0.25) is 0 Å². The summed E-state index contributed by atoms with van der Waals surface area (Å²) in [5.41, 5.74) is 8.37. The first kappa shape index (κ1) is 19.2. The molecule has 2 atom stereocenters. The van der Waals surface area contributed by atoms with E-state index in [4.69, 9.17) is 10.7 Å².